The molecular formula is C33H34ClN5O8. The highest BCUT2D eigenvalue weighted by Crippen LogP contribution is 2.37. The van der Waals surface area contributed by atoms with Crippen LogP contribution in [0.15, 0.2) is 71.0 Å². The second kappa shape index (κ2) is 16.2. The molecule has 1 aliphatic heterocycles. The molecule has 4 rings (SSSR count). The number of hydrazone groups is 1. The Morgan fingerprint density at radius 1 is 1.13 bits per heavy atom. The SMILES string of the molecule is CCOc1cc([C@H]2NC(=O)NC(C)=C2C(=O)OC)ccc1OC[C@@H](O)N/N=C\c1cc(Cl)c(OCc2ccccc2C#N)c(OC)c1. The van der Waals surface area contributed by atoms with Crippen molar-refractivity contribution in [3.05, 3.63) is 93.1 Å². The lowest BCUT2D eigenvalue weighted by atomic mass is 9.95. The minimum atomic E-state index is -1.21. The largest absolute Gasteiger partial charge is 0.493 e. The molecule has 0 saturated heterocycles. The van der Waals surface area contributed by atoms with Crippen molar-refractivity contribution >= 4 is 29.8 Å². The van der Waals surface area contributed by atoms with E-state index in [-0.39, 0.29) is 23.8 Å². The molecule has 3 aromatic rings. The summed E-state index contributed by atoms with van der Waals surface area (Å²) < 4.78 is 27.8. The van der Waals surface area contributed by atoms with Gasteiger partial charge >= 0.3 is 12.0 Å². The van der Waals surface area contributed by atoms with Crippen molar-refractivity contribution in [2.24, 2.45) is 5.10 Å². The van der Waals surface area contributed by atoms with Gasteiger partial charge < -0.3 is 39.4 Å². The Bertz CT molecular complexity index is 1720. The number of allylic oxidation sites excluding steroid dienone is 1. The van der Waals surface area contributed by atoms with Crippen LogP contribution in [0.2, 0.25) is 5.02 Å². The number of aliphatic hydroxyl groups is 1. The molecule has 1 heterocycles. The van der Waals surface area contributed by atoms with Crippen LogP contribution >= 0.6 is 11.6 Å². The smallest absolute Gasteiger partial charge is 0.337 e. The molecule has 0 aliphatic carbocycles. The highest BCUT2D eigenvalue weighted by Gasteiger charge is 2.32. The molecule has 2 atom stereocenters. The number of amides is 2. The number of rotatable bonds is 14. The molecular weight excluding hydrogens is 630 g/mol. The van der Waals surface area contributed by atoms with Crippen LogP contribution in [0.1, 0.15) is 42.1 Å². The van der Waals surface area contributed by atoms with Gasteiger partial charge in [0.15, 0.2) is 29.2 Å². The topological polar surface area (TPSA) is 173 Å². The first-order valence-corrected chi connectivity index (χ1v) is 14.8. The molecule has 3 aromatic carbocycles. The van der Waals surface area contributed by atoms with Crippen molar-refractivity contribution in [1.82, 2.24) is 16.1 Å². The van der Waals surface area contributed by atoms with Gasteiger partial charge in [0.1, 0.15) is 13.2 Å². The molecule has 0 saturated carbocycles. The Labute approximate surface area is 276 Å². The standard InChI is InChI=1S/C33H34ClN5O8/c1-5-45-26-14-21(30-29(32(41)44-4)19(2)37-33(42)38-30)10-11-25(26)46-18-28(40)39-36-16-20-12-24(34)31(27(13-20)43-3)47-17-23-9-7-6-8-22(23)15-35/h6-14,16,28,30,39-40H,5,17-18H2,1-4H3,(H2,37,38,42)/b36-16-/t28-,30-/m1/s1. The Morgan fingerprint density at radius 2 is 1.91 bits per heavy atom. The number of nitrogens with zero attached hydrogens (tertiary/aromatic N) is 2. The number of nitrogens with one attached hydrogen (secondary N) is 3. The fourth-order valence-electron chi connectivity index (χ4n) is 4.68. The van der Waals surface area contributed by atoms with Crippen molar-refractivity contribution in [3.8, 4) is 29.1 Å². The maximum atomic E-state index is 12.5. The average molecular weight is 664 g/mol. The molecule has 0 unspecified atom stereocenters. The van der Waals surface area contributed by atoms with Crippen LogP contribution in [0.5, 0.6) is 23.0 Å². The predicted molar refractivity (Wildman–Crippen MR) is 172 cm³/mol. The molecule has 0 fully saturated rings. The van der Waals surface area contributed by atoms with Crippen LogP contribution in [-0.2, 0) is 16.1 Å². The summed E-state index contributed by atoms with van der Waals surface area (Å²) in [6.07, 6.45) is 0.231. The van der Waals surface area contributed by atoms with Gasteiger partial charge in [0.2, 0.25) is 0 Å². The van der Waals surface area contributed by atoms with E-state index in [0.29, 0.717) is 57.6 Å². The molecule has 47 heavy (non-hydrogen) atoms. The van der Waals surface area contributed by atoms with Crippen molar-refractivity contribution in [3.63, 3.8) is 0 Å². The van der Waals surface area contributed by atoms with E-state index < -0.39 is 24.3 Å². The van der Waals surface area contributed by atoms with E-state index in [1.54, 1.807) is 62.4 Å². The second-order valence-electron chi connectivity index (χ2n) is 10.0. The number of hydrogen-bond acceptors (Lipinski definition) is 11. The number of carbonyl (C=O) groups excluding carboxylic acids is 2. The number of urea groups is 1. The number of methoxy groups -OCH3 is 2. The van der Waals surface area contributed by atoms with Gasteiger partial charge in [-0.3, -0.25) is 5.43 Å². The van der Waals surface area contributed by atoms with Crippen LogP contribution in [0.3, 0.4) is 0 Å². The number of carbonyl (C=O) groups is 2. The first-order chi connectivity index (χ1) is 22.7. The zero-order valence-corrected chi connectivity index (χ0v) is 26.9. The lowest BCUT2D eigenvalue weighted by Crippen LogP contribution is -2.45. The zero-order chi connectivity index (χ0) is 33.9. The van der Waals surface area contributed by atoms with Crippen LogP contribution in [0.4, 0.5) is 4.79 Å². The van der Waals surface area contributed by atoms with E-state index in [9.17, 15) is 20.0 Å². The van der Waals surface area contributed by atoms with E-state index in [1.165, 1.54) is 20.4 Å². The number of nitriles is 1. The quantitative estimate of drug-likeness (QED) is 0.0842. The van der Waals surface area contributed by atoms with Gasteiger partial charge in [0.05, 0.1) is 55.3 Å². The van der Waals surface area contributed by atoms with E-state index >= 15 is 0 Å². The van der Waals surface area contributed by atoms with Crippen LogP contribution in [0, 0.1) is 11.3 Å². The molecule has 13 nitrogen and oxygen atoms in total. The monoisotopic (exact) mass is 663 g/mol. The maximum Gasteiger partial charge on any atom is 0.337 e. The Hall–Kier alpha value is -5.45. The van der Waals surface area contributed by atoms with Crippen molar-refractivity contribution in [2.75, 3.05) is 27.4 Å². The third-order valence-corrected chi connectivity index (χ3v) is 7.15. The van der Waals surface area contributed by atoms with Gasteiger partial charge in [-0.1, -0.05) is 35.9 Å². The minimum absolute atomic E-state index is 0.120. The van der Waals surface area contributed by atoms with Crippen molar-refractivity contribution in [1.29, 1.82) is 5.26 Å². The summed E-state index contributed by atoms with van der Waals surface area (Å²) in [6.45, 7) is 3.64. The summed E-state index contributed by atoms with van der Waals surface area (Å²) in [4.78, 5) is 24.6. The molecule has 1 aliphatic rings. The molecule has 246 valence electrons. The number of benzene rings is 3. The fraction of sp³-hybridized carbons (Fsp3) is 0.273. The van der Waals surface area contributed by atoms with Crippen LogP contribution in [-0.4, -0.2) is 57.0 Å². The summed E-state index contributed by atoms with van der Waals surface area (Å²) in [5.74, 6) is 0.751. The molecule has 0 aromatic heterocycles. The summed E-state index contributed by atoms with van der Waals surface area (Å²) in [5, 5.41) is 29.4. The maximum absolute atomic E-state index is 12.5. The van der Waals surface area contributed by atoms with E-state index in [0.717, 1.165) is 0 Å². The van der Waals surface area contributed by atoms with Gasteiger partial charge in [-0.25, -0.2) is 9.59 Å². The fourth-order valence-corrected chi connectivity index (χ4v) is 4.95. The Balaban J connectivity index is 1.39. The Morgan fingerprint density at radius 3 is 2.64 bits per heavy atom. The summed E-state index contributed by atoms with van der Waals surface area (Å²) in [5.41, 5.74) is 5.55. The predicted octanol–water partition coefficient (Wildman–Crippen LogP) is 4.32. The van der Waals surface area contributed by atoms with Gasteiger partial charge in [-0.05, 0) is 55.3 Å². The van der Waals surface area contributed by atoms with Gasteiger partial charge in [-0.2, -0.15) is 10.4 Å². The second-order valence-corrected chi connectivity index (χ2v) is 10.4. The molecule has 2 amide bonds. The van der Waals surface area contributed by atoms with E-state index in [4.69, 9.17) is 35.3 Å². The minimum Gasteiger partial charge on any atom is -0.493 e. The third-order valence-electron chi connectivity index (χ3n) is 6.87. The molecule has 0 bridgehead atoms. The lowest BCUT2D eigenvalue weighted by Gasteiger charge is -2.28. The van der Waals surface area contributed by atoms with Crippen molar-refractivity contribution < 1.29 is 38.4 Å². The summed E-state index contributed by atoms with van der Waals surface area (Å²) >= 11 is 6.48. The number of esters is 1. The molecule has 0 radical (unpaired) electrons. The number of ether oxygens (including phenoxy) is 5. The number of aliphatic hydroxyl groups excluding tert-OH is 1. The summed E-state index contributed by atoms with van der Waals surface area (Å²) in [7, 11) is 2.74. The van der Waals surface area contributed by atoms with E-state index in [2.05, 4.69) is 27.2 Å². The lowest BCUT2D eigenvalue weighted by molar-refractivity contribution is -0.136. The van der Waals surface area contributed by atoms with Gasteiger partial charge in [-0.15, -0.1) is 0 Å². The first kappa shape index (κ1) is 34.4. The molecule has 4 N–H and O–H groups in total. The average Bonchev–Trinajstić information content (AvgIpc) is 3.06. The van der Waals surface area contributed by atoms with Crippen molar-refractivity contribution in [2.45, 2.75) is 32.7 Å². The van der Waals surface area contributed by atoms with Crippen LogP contribution in [0.25, 0.3) is 0 Å². The van der Waals surface area contributed by atoms with Crippen LogP contribution < -0.4 is 35.0 Å². The summed E-state index contributed by atoms with van der Waals surface area (Å²) in [6, 6.07) is 16.2. The zero-order valence-electron chi connectivity index (χ0n) is 26.1. The van der Waals surface area contributed by atoms with Gasteiger partial charge in [0, 0.05) is 11.3 Å². The number of hydrogen-bond donors (Lipinski definition) is 4. The normalized spacial score (nSPS) is 14.8. The third kappa shape index (κ3) is 8.63. The first-order valence-electron chi connectivity index (χ1n) is 14.4. The molecule has 14 heteroatoms. The number of halogens is 1. The highest BCUT2D eigenvalue weighted by atomic mass is 35.5. The highest BCUT2D eigenvalue weighted by molar-refractivity contribution is 6.32. The molecule has 0 spiro atoms. The van der Waals surface area contributed by atoms with E-state index in [1.807, 2.05) is 6.07 Å². The van der Waals surface area contributed by atoms with Gasteiger partial charge in [0.25, 0.3) is 0 Å². The Kier molecular flexibility index (Phi) is 11.9.